The zero-order chi connectivity index (χ0) is 25.9. The van der Waals surface area contributed by atoms with Crippen LogP contribution in [0.2, 0.25) is 0 Å². The summed E-state index contributed by atoms with van der Waals surface area (Å²) < 4.78 is 0. The second kappa shape index (κ2) is 9.38. The number of hydrogen-bond donors (Lipinski definition) is 2. The number of carbonyl (C=O) groups is 1. The maximum atomic E-state index is 13.1. The molecule has 1 amide bonds. The number of aliphatic hydroxyl groups excluding tert-OH is 2. The summed E-state index contributed by atoms with van der Waals surface area (Å²) in [6, 6.07) is 7.88. The van der Waals surface area contributed by atoms with Gasteiger partial charge in [-0.1, -0.05) is 13.8 Å². The lowest BCUT2D eigenvalue weighted by molar-refractivity contribution is -0.172. The van der Waals surface area contributed by atoms with Crippen molar-refractivity contribution in [1.82, 2.24) is 0 Å². The van der Waals surface area contributed by atoms with Crippen molar-refractivity contribution in [2.45, 2.75) is 103 Å². The maximum Gasteiger partial charge on any atom is 0.226 e. The molecule has 200 valence electrons. The van der Waals surface area contributed by atoms with Crippen LogP contribution in [0, 0.1) is 51.8 Å². The van der Waals surface area contributed by atoms with Crippen LogP contribution in [0.25, 0.3) is 0 Å². The average molecular weight is 505 g/mol. The molecule has 9 atom stereocenters. The molecule has 1 aliphatic heterocycles. The van der Waals surface area contributed by atoms with E-state index < -0.39 is 0 Å². The van der Waals surface area contributed by atoms with Crippen molar-refractivity contribution in [3.63, 3.8) is 0 Å². The smallest absolute Gasteiger partial charge is 0.226 e. The Bertz CT molecular complexity index is 1100. The molecule has 5 aliphatic rings. The zero-order valence-corrected chi connectivity index (χ0v) is 22.7. The van der Waals surface area contributed by atoms with Gasteiger partial charge in [-0.25, -0.2) is 0 Å². The van der Waals surface area contributed by atoms with Gasteiger partial charge in [-0.15, -0.1) is 0 Å². The molecule has 0 bridgehead atoms. The molecule has 4 aliphatic carbocycles. The van der Waals surface area contributed by atoms with E-state index in [0.717, 1.165) is 62.7 Å². The Balaban J connectivity index is 1.09. The molecular weight excluding hydrogens is 460 g/mol. The Morgan fingerprint density at radius 1 is 1.08 bits per heavy atom. The first kappa shape index (κ1) is 25.4. The van der Waals surface area contributed by atoms with Gasteiger partial charge in [0.1, 0.15) is 0 Å². The maximum absolute atomic E-state index is 13.1. The highest BCUT2D eigenvalue weighted by Crippen LogP contribution is 2.67. The van der Waals surface area contributed by atoms with Crippen molar-refractivity contribution in [2.24, 2.45) is 40.4 Å². The molecule has 1 aromatic carbocycles. The minimum atomic E-state index is -0.227. The van der Waals surface area contributed by atoms with Crippen LogP contribution in [0.1, 0.15) is 95.6 Å². The minimum Gasteiger partial charge on any atom is -0.393 e. The van der Waals surface area contributed by atoms with Gasteiger partial charge in [0.25, 0.3) is 0 Å². The van der Waals surface area contributed by atoms with Crippen molar-refractivity contribution < 1.29 is 15.0 Å². The molecule has 0 saturated heterocycles. The summed E-state index contributed by atoms with van der Waals surface area (Å²) in [4.78, 5) is 15.1. The van der Waals surface area contributed by atoms with Gasteiger partial charge >= 0.3 is 0 Å². The molecule has 0 radical (unpaired) electrons. The molecule has 8 unspecified atom stereocenters. The second-order valence-corrected chi connectivity index (χ2v) is 13.7. The predicted molar refractivity (Wildman–Crippen MR) is 144 cm³/mol. The van der Waals surface area contributed by atoms with Crippen molar-refractivity contribution in [2.75, 3.05) is 11.4 Å². The Morgan fingerprint density at radius 2 is 1.86 bits per heavy atom. The molecule has 2 N–H and O–H groups in total. The number of carbonyl (C=O) groups excluding carboxylic acids is 1. The van der Waals surface area contributed by atoms with Crippen molar-refractivity contribution in [1.29, 1.82) is 5.26 Å². The Kier molecular flexibility index (Phi) is 6.44. The third-order valence-electron chi connectivity index (χ3n) is 12.2. The van der Waals surface area contributed by atoms with E-state index in [9.17, 15) is 15.0 Å². The topological polar surface area (TPSA) is 84.6 Å². The molecule has 4 saturated carbocycles. The largest absolute Gasteiger partial charge is 0.393 e. The average Bonchev–Trinajstić information content (AvgIpc) is 3.45. The van der Waals surface area contributed by atoms with Crippen LogP contribution >= 0.6 is 0 Å². The summed E-state index contributed by atoms with van der Waals surface area (Å²) in [5, 5.41) is 30.9. The number of hydrogen-bond acceptors (Lipinski definition) is 4. The fraction of sp³-hybridized carbons (Fsp3) is 0.750. The van der Waals surface area contributed by atoms with E-state index in [1.54, 1.807) is 0 Å². The summed E-state index contributed by atoms with van der Waals surface area (Å²) in [6.45, 7) is 5.71. The predicted octanol–water partition coefficient (Wildman–Crippen LogP) is 5.61. The van der Waals surface area contributed by atoms with Gasteiger partial charge in [0, 0.05) is 18.7 Å². The Labute approximate surface area is 222 Å². The van der Waals surface area contributed by atoms with Gasteiger partial charge < -0.3 is 15.1 Å². The van der Waals surface area contributed by atoms with Crippen molar-refractivity contribution >= 4 is 11.6 Å². The van der Waals surface area contributed by atoms with Gasteiger partial charge in [0.2, 0.25) is 5.91 Å². The third kappa shape index (κ3) is 4.05. The summed E-state index contributed by atoms with van der Waals surface area (Å²) in [7, 11) is 0. The van der Waals surface area contributed by atoms with E-state index in [2.05, 4.69) is 19.9 Å². The summed E-state index contributed by atoms with van der Waals surface area (Å²) in [5.41, 5.74) is 3.32. The number of benzene rings is 1. The summed E-state index contributed by atoms with van der Waals surface area (Å²) in [6.07, 6.45) is 11.7. The quantitative estimate of drug-likeness (QED) is 0.558. The van der Waals surface area contributed by atoms with E-state index in [-0.39, 0.29) is 28.9 Å². The molecule has 1 aromatic rings. The number of fused-ring (bicyclic) bond motifs is 6. The zero-order valence-electron chi connectivity index (χ0n) is 22.7. The van der Waals surface area contributed by atoms with E-state index in [0.29, 0.717) is 41.6 Å². The van der Waals surface area contributed by atoms with Gasteiger partial charge in [-0.05, 0) is 135 Å². The number of aliphatic hydroxyl groups is 2. The lowest BCUT2D eigenvalue weighted by Gasteiger charge is -2.62. The van der Waals surface area contributed by atoms with E-state index in [1.165, 1.54) is 25.7 Å². The highest BCUT2D eigenvalue weighted by Gasteiger charge is 2.62. The molecule has 5 nitrogen and oxygen atoms in total. The van der Waals surface area contributed by atoms with E-state index in [4.69, 9.17) is 5.26 Å². The van der Waals surface area contributed by atoms with Crippen LogP contribution in [0.3, 0.4) is 0 Å². The molecule has 6 rings (SSSR count). The summed E-state index contributed by atoms with van der Waals surface area (Å²) >= 11 is 0. The van der Waals surface area contributed by atoms with Gasteiger partial charge in [0.15, 0.2) is 0 Å². The molecule has 5 heteroatoms. The Hall–Kier alpha value is -1.90. The van der Waals surface area contributed by atoms with Crippen LogP contribution < -0.4 is 4.90 Å². The molecule has 0 aromatic heterocycles. The highest BCUT2D eigenvalue weighted by atomic mass is 16.3. The standard InChI is InChI=1S/C32H44N2O3/c1-31-14-11-26-30(28(36)18-23-17-24(35)10-13-32(23,26)2)25(31)8-7-22(31)4-3-5-29(37)34-15-12-21-16-20(19-33)6-9-27(21)34/h6,9,16,22-26,28,30,35-36H,3-5,7-8,10-15,17-18H2,1-2H3/t22?,23?,24-,25?,26?,28?,30?,31?,32?/m1/s1. The lowest BCUT2D eigenvalue weighted by Crippen LogP contribution is -2.58. The van der Waals surface area contributed by atoms with E-state index in [1.807, 2.05) is 23.1 Å². The number of amides is 1. The molecule has 37 heavy (non-hydrogen) atoms. The minimum absolute atomic E-state index is 0.182. The SMILES string of the molecule is CC12CCC3C(C(O)CC4C[C@H](O)CCC43C)C1CCC2CCCC(=O)N1CCc2cc(C#N)ccc21. The monoisotopic (exact) mass is 504 g/mol. The molecule has 1 heterocycles. The molecular formula is C32H44N2O3. The van der Waals surface area contributed by atoms with Crippen molar-refractivity contribution in [3.05, 3.63) is 29.3 Å². The summed E-state index contributed by atoms with van der Waals surface area (Å²) in [5.74, 6) is 2.90. The number of nitrogens with zero attached hydrogens (tertiary/aromatic N) is 2. The van der Waals surface area contributed by atoms with Gasteiger partial charge in [0.05, 0.1) is 23.8 Å². The fourth-order valence-corrected chi connectivity index (χ4v) is 10.1. The van der Waals surface area contributed by atoms with Gasteiger partial charge in [-0.2, -0.15) is 5.26 Å². The molecule has 4 fully saturated rings. The van der Waals surface area contributed by atoms with E-state index >= 15 is 0 Å². The molecule has 0 spiro atoms. The van der Waals surface area contributed by atoms with Crippen LogP contribution in [0.4, 0.5) is 5.69 Å². The second-order valence-electron chi connectivity index (χ2n) is 13.7. The Morgan fingerprint density at radius 3 is 2.68 bits per heavy atom. The third-order valence-corrected chi connectivity index (χ3v) is 12.2. The number of anilines is 1. The van der Waals surface area contributed by atoms with Crippen LogP contribution in [0.5, 0.6) is 0 Å². The number of nitriles is 1. The fourth-order valence-electron chi connectivity index (χ4n) is 10.1. The normalized spacial score (nSPS) is 42.4. The van der Waals surface area contributed by atoms with Gasteiger partial charge in [-0.3, -0.25) is 4.79 Å². The van der Waals surface area contributed by atoms with Crippen LogP contribution in [-0.2, 0) is 11.2 Å². The lowest BCUT2D eigenvalue weighted by atomic mass is 9.44. The van der Waals surface area contributed by atoms with Crippen LogP contribution in [0.15, 0.2) is 18.2 Å². The highest BCUT2D eigenvalue weighted by molar-refractivity contribution is 5.95. The first-order chi connectivity index (χ1) is 17.7. The van der Waals surface area contributed by atoms with Crippen molar-refractivity contribution in [3.8, 4) is 6.07 Å². The van der Waals surface area contributed by atoms with Crippen LogP contribution in [-0.4, -0.2) is 34.9 Å². The first-order valence-corrected chi connectivity index (χ1v) is 14.9. The first-order valence-electron chi connectivity index (χ1n) is 14.9. The number of rotatable bonds is 4.